The highest BCUT2D eigenvalue weighted by molar-refractivity contribution is 6.07. The van der Waals surface area contributed by atoms with Crippen molar-refractivity contribution < 1.29 is 19.1 Å². The molecule has 1 saturated heterocycles. The van der Waals surface area contributed by atoms with Gasteiger partial charge in [0.15, 0.2) is 11.5 Å². The summed E-state index contributed by atoms with van der Waals surface area (Å²) in [5.41, 5.74) is 4.24. The third-order valence-electron chi connectivity index (χ3n) is 6.58. The summed E-state index contributed by atoms with van der Waals surface area (Å²) >= 11 is 0. The van der Waals surface area contributed by atoms with Crippen molar-refractivity contribution in [2.75, 3.05) is 58.1 Å². The number of nitrogens with one attached hydrogen (secondary N) is 2. The number of benzene rings is 3. The van der Waals surface area contributed by atoms with E-state index in [1.165, 1.54) is 7.11 Å². The highest BCUT2D eigenvalue weighted by atomic mass is 16.5. The molecule has 1 heterocycles. The van der Waals surface area contributed by atoms with Crippen molar-refractivity contribution in [1.29, 1.82) is 0 Å². The third-order valence-corrected chi connectivity index (χ3v) is 6.58. The molecular formula is C29H34N4O4. The van der Waals surface area contributed by atoms with Crippen LogP contribution in [0, 0.1) is 6.92 Å². The lowest BCUT2D eigenvalue weighted by atomic mass is 10.1. The predicted octanol–water partition coefficient (Wildman–Crippen LogP) is 4.26. The third kappa shape index (κ3) is 6.67. The van der Waals surface area contributed by atoms with Crippen LogP contribution in [0.4, 0.5) is 11.4 Å². The standard InChI is InChI=1S/C29H34N4O4/c1-20-8-10-24(18-25(20)31-29(35)23-9-11-26(36-3)27(17-23)37-4)30-28(34)22-7-5-6-21(16-22)19-33-14-12-32(2)13-15-33/h5-11,16-18H,12-15,19H2,1-4H3,(H,30,34)(H,31,35). The van der Waals surface area contributed by atoms with Crippen molar-refractivity contribution in [3.63, 3.8) is 0 Å². The second-order valence-electron chi connectivity index (χ2n) is 9.29. The fourth-order valence-corrected chi connectivity index (χ4v) is 4.28. The van der Waals surface area contributed by atoms with Crippen LogP contribution >= 0.6 is 0 Å². The molecule has 0 saturated carbocycles. The minimum atomic E-state index is -0.288. The fourth-order valence-electron chi connectivity index (χ4n) is 4.28. The first kappa shape index (κ1) is 26.2. The second kappa shape index (κ2) is 11.9. The van der Waals surface area contributed by atoms with Gasteiger partial charge in [0.05, 0.1) is 14.2 Å². The molecule has 2 N–H and O–H groups in total. The number of aryl methyl sites for hydroxylation is 1. The van der Waals surface area contributed by atoms with Gasteiger partial charge in [-0.15, -0.1) is 0 Å². The zero-order valence-corrected chi connectivity index (χ0v) is 21.8. The van der Waals surface area contributed by atoms with Crippen molar-refractivity contribution >= 4 is 23.2 Å². The minimum absolute atomic E-state index is 0.193. The van der Waals surface area contributed by atoms with Crippen molar-refractivity contribution in [1.82, 2.24) is 9.80 Å². The predicted molar refractivity (Wildman–Crippen MR) is 146 cm³/mol. The Morgan fingerprint density at radius 1 is 0.811 bits per heavy atom. The molecule has 0 aliphatic carbocycles. The number of hydrogen-bond donors (Lipinski definition) is 2. The van der Waals surface area contributed by atoms with E-state index in [0.717, 1.165) is 43.9 Å². The first-order valence-corrected chi connectivity index (χ1v) is 12.3. The highest BCUT2D eigenvalue weighted by Gasteiger charge is 2.16. The van der Waals surface area contributed by atoms with Gasteiger partial charge < -0.3 is 25.0 Å². The van der Waals surface area contributed by atoms with Crippen LogP contribution in [0.5, 0.6) is 11.5 Å². The van der Waals surface area contributed by atoms with Crippen LogP contribution in [0.15, 0.2) is 60.7 Å². The molecule has 1 aliphatic rings. The minimum Gasteiger partial charge on any atom is -0.493 e. The zero-order valence-electron chi connectivity index (χ0n) is 21.8. The Bertz CT molecular complexity index is 1270. The van der Waals surface area contributed by atoms with Gasteiger partial charge in [-0.3, -0.25) is 14.5 Å². The van der Waals surface area contributed by atoms with Gasteiger partial charge in [0.2, 0.25) is 0 Å². The number of carbonyl (C=O) groups is 2. The molecule has 0 spiro atoms. The fraction of sp³-hybridized carbons (Fsp3) is 0.310. The summed E-state index contributed by atoms with van der Waals surface area (Å²) < 4.78 is 10.5. The van der Waals surface area contributed by atoms with Gasteiger partial charge in [-0.1, -0.05) is 18.2 Å². The Kier molecular flexibility index (Phi) is 8.43. The molecule has 0 bridgehead atoms. The van der Waals surface area contributed by atoms with Gasteiger partial charge in [-0.25, -0.2) is 0 Å². The molecule has 37 heavy (non-hydrogen) atoms. The Labute approximate surface area is 218 Å². The molecule has 3 aromatic carbocycles. The summed E-state index contributed by atoms with van der Waals surface area (Å²) in [7, 11) is 5.21. The lowest BCUT2D eigenvalue weighted by Gasteiger charge is -2.32. The maximum absolute atomic E-state index is 13.0. The van der Waals surface area contributed by atoms with Crippen LogP contribution in [0.25, 0.3) is 0 Å². The number of piperazine rings is 1. The number of likely N-dealkylation sites (N-methyl/N-ethyl adjacent to an activating group) is 1. The Hall–Kier alpha value is -3.88. The van der Waals surface area contributed by atoms with E-state index in [1.807, 2.05) is 37.3 Å². The summed E-state index contributed by atoms with van der Waals surface area (Å²) in [4.78, 5) is 30.7. The number of nitrogens with zero attached hydrogens (tertiary/aromatic N) is 2. The lowest BCUT2D eigenvalue weighted by molar-refractivity contribution is 0.101. The lowest BCUT2D eigenvalue weighted by Crippen LogP contribution is -2.43. The quantitative estimate of drug-likeness (QED) is 0.479. The number of hydrogen-bond acceptors (Lipinski definition) is 6. The first-order valence-electron chi connectivity index (χ1n) is 12.3. The summed E-state index contributed by atoms with van der Waals surface area (Å²) in [5, 5.41) is 5.89. The largest absolute Gasteiger partial charge is 0.493 e. The van der Waals surface area contributed by atoms with Crippen LogP contribution in [0.3, 0.4) is 0 Å². The average Bonchev–Trinajstić information content (AvgIpc) is 2.91. The highest BCUT2D eigenvalue weighted by Crippen LogP contribution is 2.28. The zero-order chi connectivity index (χ0) is 26.4. The van der Waals surface area contributed by atoms with Gasteiger partial charge in [-0.2, -0.15) is 0 Å². The van der Waals surface area contributed by atoms with Gasteiger partial charge >= 0.3 is 0 Å². The Balaban J connectivity index is 1.43. The van der Waals surface area contributed by atoms with Crippen LogP contribution < -0.4 is 20.1 Å². The molecule has 0 atom stereocenters. The molecule has 2 amide bonds. The SMILES string of the molecule is COc1ccc(C(=O)Nc2cc(NC(=O)c3cccc(CN4CCN(C)CC4)c3)ccc2C)cc1OC. The molecule has 0 aromatic heterocycles. The summed E-state index contributed by atoms with van der Waals surface area (Å²) in [6.07, 6.45) is 0. The van der Waals surface area contributed by atoms with E-state index in [1.54, 1.807) is 31.4 Å². The maximum Gasteiger partial charge on any atom is 0.255 e. The van der Waals surface area contributed by atoms with Gasteiger partial charge in [-0.05, 0) is 67.6 Å². The number of ether oxygens (including phenoxy) is 2. The van der Waals surface area contributed by atoms with Crippen LogP contribution in [-0.2, 0) is 6.54 Å². The van der Waals surface area contributed by atoms with Gasteiger partial charge in [0.1, 0.15) is 0 Å². The number of anilines is 2. The normalized spacial score (nSPS) is 14.2. The number of methoxy groups -OCH3 is 2. The van der Waals surface area contributed by atoms with E-state index in [4.69, 9.17) is 9.47 Å². The van der Waals surface area contributed by atoms with Gasteiger partial charge in [0.25, 0.3) is 11.8 Å². The molecule has 8 nitrogen and oxygen atoms in total. The van der Waals surface area contributed by atoms with Crippen LogP contribution in [0.1, 0.15) is 31.8 Å². The topological polar surface area (TPSA) is 83.1 Å². The smallest absolute Gasteiger partial charge is 0.255 e. The molecule has 194 valence electrons. The average molecular weight is 503 g/mol. The van der Waals surface area contributed by atoms with Crippen molar-refractivity contribution in [3.05, 3.63) is 82.9 Å². The summed E-state index contributed by atoms with van der Waals surface area (Å²) in [6.45, 7) is 6.88. The summed E-state index contributed by atoms with van der Waals surface area (Å²) in [6, 6.07) is 18.2. The molecule has 8 heteroatoms. The molecular weight excluding hydrogens is 468 g/mol. The molecule has 1 fully saturated rings. The first-order chi connectivity index (χ1) is 17.9. The monoisotopic (exact) mass is 502 g/mol. The van der Waals surface area contributed by atoms with Crippen molar-refractivity contribution in [2.24, 2.45) is 0 Å². The summed E-state index contributed by atoms with van der Waals surface area (Å²) in [5.74, 6) is 0.542. The van der Waals surface area contributed by atoms with Crippen molar-refractivity contribution in [3.8, 4) is 11.5 Å². The van der Waals surface area contributed by atoms with Crippen LogP contribution in [-0.4, -0.2) is 69.1 Å². The maximum atomic E-state index is 13.0. The molecule has 3 aromatic rings. The van der Waals surface area contributed by atoms with E-state index in [-0.39, 0.29) is 11.8 Å². The number of amides is 2. The molecule has 0 radical (unpaired) electrons. The van der Waals surface area contributed by atoms with E-state index < -0.39 is 0 Å². The second-order valence-corrected chi connectivity index (χ2v) is 9.29. The van der Waals surface area contributed by atoms with Crippen molar-refractivity contribution in [2.45, 2.75) is 13.5 Å². The van der Waals surface area contributed by atoms with E-state index >= 15 is 0 Å². The van der Waals surface area contributed by atoms with Crippen LogP contribution in [0.2, 0.25) is 0 Å². The van der Waals surface area contributed by atoms with E-state index in [0.29, 0.717) is 34.0 Å². The van der Waals surface area contributed by atoms with Gasteiger partial charge in [0, 0.05) is 55.2 Å². The Morgan fingerprint density at radius 3 is 2.24 bits per heavy atom. The number of rotatable bonds is 8. The molecule has 1 aliphatic heterocycles. The van der Waals surface area contributed by atoms with E-state index in [9.17, 15) is 9.59 Å². The molecule has 0 unspecified atom stereocenters. The Morgan fingerprint density at radius 2 is 1.51 bits per heavy atom. The number of carbonyl (C=O) groups excluding carboxylic acids is 2. The molecule has 4 rings (SSSR count). The van der Waals surface area contributed by atoms with E-state index in [2.05, 4.69) is 33.5 Å².